The Kier molecular flexibility index (Phi) is 10.6. The molecule has 2 spiro atoms. The van der Waals surface area contributed by atoms with Crippen LogP contribution < -0.4 is 20.7 Å². The number of H-pyrrole nitrogens is 1. The Balaban J connectivity index is 1.07. The van der Waals surface area contributed by atoms with E-state index >= 15 is 4.79 Å². The number of aromatic amines is 1. The van der Waals surface area contributed by atoms with Gasteiger partial charge in [0, 0.05) is 48.1 Å². The van der Waals surface area contributed by atoms with Crippen molar-refractivity contribution in [2.45, 2.75) is 135 Å². The molecule has 0 bridgehead atoms. The summed E-state index contributed by atoms with van der Waals surface area (Å²) in [4.78, 5) is 77.2. The van der Waals surface area contributed by atoms with Crippen LogP contribution in [0.15, 0.2) is 43.1 Å². The lowest BCUT2D eigenvalue weighted by Gasteiger charge is -2.38. The molecular formula is C45H63N7O7S. The second-order valence-electron chi connectivity index (χ2n) is 20.3. The topological polar surface area (TPSA) is 190 Å². The molecule has 326 valence electrons. The molecule has 5 N–H and O–H groups in total. The summed E-state index contributed by atoms with van der Waals surface area (Å²) in [5, 5.41) is 9.88. The minimum absolute atomic E-state index is 0.0328. The van der Waals surface area contributed by atoms with Gasteiger partial charge in [-0.25, -0.2) is 4.72 Å². The molecular weight excluding hydrogens is 783 g/mol. The van der Waals surface area contributed by atoms with Crippen LogP contribution in [0.4, 0.5) is 0 Å². The standard InChI is InChI=1S/C45H63N7O7S/c1-7-29-24-45(29,40(57)50-60(58,59)51-22-13-14-23-51)49-37(54)33-25-44(42(5,6)43(44)20-15-21-43)27-52(33)39(56)35(41(2,3)4)48-38(55)34(28-16-9-8-10-17-28)47-36(53)31-26-46-32-19-12-11-18-30(31)32/h7,11-12,18-19,26,28-29,33-35,46H,1,8-10,13-17,20-25,27H2,2-6H3,(H,47,53)(H,48,55)(H,49,54)(H,50,57)/t29-,33+,34+,35-,44-,45-/m1/s1. The van der Waals surface area contributed by atoms with Crippen molar-refractivity contribution in [3.05, 3.63) is 48.7 Å². The van der Waals surface area contributed by atoms with Gasteiger partial charge in [0.1, 0.15) is 23.7 Å². The second-order valence-corrected chi connectivity index (χ2v) is 22.0. The minimum atomic E-state index is -4.12. The number of rotatable bonds is 12. The van der Waals surface area contributed by atoms with Crippen LogP contribution in [0.1, 0.15) is 122 Å². The van der Waals surface area contributed by atoms with E-state index in [1.54, 1.807) is 17.2 Å². The molecule has 6 fully saturated rings. The third-order valence-corrected chi connectivity index (χ3v) is 17.5. The quantitative estimate of drug-likeness (QED) is 0.192. The number of aromatic nitrogens is 1. The first-order chi connectivity index (χ1) is 28.3. The van der Waals surface area contributed by atoms with Crippen molar-refractivity contribution in [1.82, 2.24) is 34.9 Å². The van der Waals surface area contributed by atoms with Crippen molar-refractivity contribution in [3.8, 4) is 0 Å². The number of benzene rings is 1. The highest BCUT2D eigenvalue weighted by Crippen LogP contribution is 2.88. The normalized spacial score (nSPS) is 29.4. The Bertz CT molecular complexity index is 2200. The maximum Gasteiger partial charge on any atom is 0.303 e. The number of hydrogen-bond acceptors (Lipinski definition) is 7. The molecule has 1 aromatic heterocycles. The molecule has 1 aromatic carbocycles. The molecule has 8 rings (SSSR count). The number of carbonyl (C=O) groups is 5. The van der Waals surface area contributed by atoms with Gasteiger partial charge in [-0.15, -0.1) is 6.58 Å². The second kappa shape index (κ2) is 15.0. The van der Waals surface area contributed by atoms with Gasteiger partial charge in [0.25, 0.3) is 11.8 Å². The summed E-state index contributed by atoms with van der Waals surface area (Å²) in [5.74, 6) is -3.19. The molecule has 14 nitrogen and oxygen atoms in total. The summed E-state index contributed by atoms with van der Waals surface area (Å²) in [6.07, 6.45) is 12.7. The van der Waals surface area contributed by atoms with Crippen molar-refractivity contribution in [2.75, 3.05) is 19.6 Å². The van der Waals surface area contributed by atoms with E-state index in [1.807, 2.05) is 45.0 Å². The largest absolute Gasteiger partial charge is 0.360 e. The van der Waals surface area contributed by atoms with E-state index in [1.165, 1.54) is 4.31 Å². The molecule has 2 saturated heterocycles. The maximum atomic E-state index is 15.3. The van der Waals surface area contributed by atoms with Crippen molar-refractivity contribution in [3.63, 3.8) is 0 Å². The first-order valence-electron chi connectivity index (χ1n) is 22.1. The monoisotopic (exact) mass is 845 g/mol. The van der Waals surface area contributed by atoms with Gasteiger partial charge < -0.3 is 25.8 Å². The number of nitrogens with zero attached hydrogens (tertiary/aromatic N) is 2. The highest BCUT2D eigenvalue weighted by atomic mass is 32.2. The molecule has 60 heavy (non-hydrogen) atoms. The maximum absolute atomic E-state index is 15.3. The van der Waals surface area contributed by atoms with Crippen LogP contribution in [-0.4, -0.2) is 95.4 Å². The Hall–Kier alpha value is -4.24. The minimum Gasteiger partial charge on any atom is -0.360 e. The van der Waals surface area contributed by atoms with E-state index in [9.17, 15) is 27.6 Å². The number of para-hydroxylation sites is 1. The van der Waals surface area contributed by atoms with Crippen LogP contribution >= 0.6 is 0 Å². The van der Waals surface area contributed by atoms with Crippen LogP contribution in [0.25, 0.3) is 10.9 Å². The summed E-state index contributed by atoms with van der Waals surface area (Å²) in [6, 6.07) is 4.57. The third kappa shape index (κ3) is 6.76. The number of likely N-dealkylation sites (tertiary alicyclic amines) is 1. The Morgan fingerprint density at radius 2 is 1.60 bits per heavy atom. The molecule has 2 aromatic rings. The van der Waals surface area contributed by atoms with E-state index in [0.717, 1.165) is 62.3 Å². The van der Waals surface area contributed by atoms with E-state index in [0.29, 0.717) is 44.5 Å². The van der Waals surface area contributed by atoms with Crippen molar-refractivity contribution in [1.29, 1.82) is 0 Å². The fraction of sp³-hybridized carbons (Fsp3) is 0.667. The van der Waals surface area contributed by atoms with Crippen molar-refractivity contribution < 1.29 is 32.4 Å². The molecule has 6 atom stereocenters. The summed E-state index contributed by atoms with van der Waals surface area (Å²) in [7, 11) is -4.12. The number of hydrogen-bond donors (Lipinski definition) is 5. The molecule has 4 saturated carbocycles. The zero-order valence-electron chi connectivity index (χ0n) is 35.8. The van der Waals surface area contributed by atoms with Crippen LogP contribution in [-0.2, 0) is 29.4 Å². The first kappa shape index (κ1) is 42.5. The van der Waals surface area contributed by atoms with E-state index < -0.39 is 68.8 Å². The molecule has 0 radical (unpaired) electrons. The molecule has 3 heterocycles. The molecule has 4 aliphatic carbocycles. The predicted molar refractivity (Wildman–Crippen MR) is 227 cm³/mol. The Morgan fingerprint density at radius 3 is 2.20 bits per heavy atom. The number of nitrogens with one attached hydrogen (secondary N) is 5. The van der Waals surface area contributed by atoms with Gasteiger partial charge >= 0.3 is 10.2 Å². The molecule has 2 aliphatic heterocycles. The highest BCUT2D eigenvalue weighted by Gasteiger charge is 2.85. The molecule has 15 heteroatoms. The zero-order valence-corrected chi connectivity index (χ0v) is 36.6. The van der Waals surface area contributed by atoms with E-state index in [4.69, 9.17) is 0 Å². The number of fused-ring (bicyclic) bond motifs is 2. The summed E-state index contributed by atoms with van der Waals surface area (Å²) in [5.41, 5.74) is -1.63. The van der Waals surface area contributed by atoms with Gasteiger partial charge in [-0.05, 0) is 79.6 Å². The van der Waals surface area contributed by atoms with Crippen molar-refractivity contribution >= 4 is 50.6 Å². The van der Waals surface area contributed by atoms with Gasteiger partial charge in [0.05, 0.1) is 5.56 Å². The zero-order chi connectivity index (χ0) is 43.0. The van der Waals surface area contributed by atoms with E-state index in [2.05, 4.69) is 46.1 Å². The van der Waals surface area contributed by atoms with Crippen LogP contribution in [0.3, 0.4) is 0 Å². The lowest BCUT2D eigenvalue weighted by molar-refractivity contribution is -0.145. The van der Waals surface area contributed by atoms with E-state index in [-0.39, 0.29) is 34.5 Å². The number of carbonyl (C=O) groups excluding carboxylic acids is 5. The van der Waals surface area contributed by atoms with Gasteiger partial charge in [-0.2, -0.15) is 12.7 Å². The van der Waals surface area contributed by atoms with Gasteiger partial charge in [-0.1, -0.05) is 84.6 Å². The van der Waals surface area contributed by atoms with Gasteiger partial charge in [0.15, 0.2) is 0 Å². The Morgan fingerprint density at radius 1 is 0.917 bits per heavy atom. The smallest absolute Gasteiger partial charge is 0.303 e. The molecule has 0 unspecified atom stereocenters. The van der Waals surface area contributed by atoms with Crippen LogP contribution in [0.2, 0.25) is 0 Å². The SMILES string of the molecule is C=C[C@@H]1C[C@]1(NC(=O)[C@@H]1C[C@@]2(CN1C(=O)[C@@H](NC(=O)[C@@H](NC(=O)c1c[nH]c3ccccc13)C1CCCCC1)C(C)(C)C)C(C)(C)C21CCC1)C(=O)NS(=O)(=O)N1CCCC1. The van der Waals surface area contributed by atoms with Crippen LogP contribution in [0, 0.1) is 33.5 Å². The van der Waals surface area contributed by atoms with Gasteiger partial charge in [0.2, 0.25) is 17.7 Å². The average Bonchev–Trinajstić information content (AvgIpc) is 3.59. The van der Waals surface area contributed by atoms with Crippen molar-refractivity contribution in [2.24, 2.45) is 33.5 Å². The summed E-state index contributed by atoms with van der Waals surface area (Å²) < 4.78 is 29.9. The summed E-state index contributed by atoms with van der Waals surface area (Å²) in [6.45, 7) is 14.9. The third-order valence-electron chi connectivity index (χ3n) is 16.0. The molecule has 6 aliphatic rings. The predicted octanol–water partition coefficient (Wildman–Crippen LogP) is 4.69. The Labute approximate surface area is 354 Å². The first-order valence-corrected chi connectivity index (χ1v) is 23.5. The average molecular weight is 846 g/mol. The fourth-order valence-corrected chi connectivity index (χ4v) is 13.3. The van der Waals surface area contributed by atoms with Crippen LogP contribution in [0.5, 0.6) is 0 Å². The lowest BCUT2D eigenvalue weighted by Crippen LogP contribution is -2.62. The summed E-state index contributed by atoms with van der Waals surface area (Å²) >= 11 is 0. The molecule has 5 amide bonds. The van der Waals surface area contributed by atoms with Gasteiger partial charge in [-0.3, -0.25) is 24.0 Å². The highest BCUT2D eigenvalue weighted by molar-refractivity contribution is 7.87. The lowest BCUT2D eigenvalue weighted by atomic mass is 9.73. The number of amides is 5. The fourth-order valence-electron chi connectivity index (χ4n) is 12.0.